The van der Waals surface area contributed by atoms with Crippen LogP contribution in [0.15, 0.2) is 60.8 Å². The lowest BCUT2D eigenvalue weighted by Crippen LogP contribution is -2.50. The van der Waals surface area contributed by atoms with Crippen LogP contribution in [0, 0.1) is 0 Å². The fourth-order valence-electron chi connectivity index (χ4n) is 5.81. The van der Waals surface area contributed by atoms with E-state index in [0.717, 1.165) is 32.1 Å². The summed E-state index contributed by atoms with van der Waals surface area (Å²) < 4.78 is 17.1. The van der Waals surface area contributed by atoms with E-state index < -0.39 is 18.1 Å². The van der Waals surface area contributed by atoms with Gasteiger partial charge in [0.1, 0.15) is 6.61 Å². The van der Waals surface area contributed by atoms with Gasteiger partial charge in [0.25, 0.3) is 0 Å². The largest absolute Gasteiger partial charge is 0.477 e. The maximum atomic E-state index is 12.6. The highest BCUT2D eigenvalue weighted by Crippen LogP contribution is 2.11. The highest BCUT2D eigenvalue weighted by Gasteiger charge is 2.31. The molecule has 0 aromatic rings. The summed E-state index contributed by atoms with van der Waals surface area (Å²) >= 11 is 0. The molecule has 0 fully saturated rings. The first-order chi connectivity index (χ1) is 26.1. The lowest BCUT2D eigenvalue weighted by molar-refractivity contribution is -0.887. The number of esters is 2. The van der Waals surface area contributed by atoms with Gasteiger partial charge in [-0.3, -0.25) is 9.59 Å². The third-order valence-corrected chi connectivity index (χ3v) is 9.15. The van der Waals surface area contributed by atoms with Crippen molar-refractivity contribution in [2.75, 3.05) is 41.0 Å². The van der Waals surface area contributed by atoms with Gasteiger partial charge in [0.2, 0.25) is 0 Å². The Labute approximate surface area is 330 Å². The SMILES string of the molecule is CCCCCCCC/C=C/C/C=C/C/C=C/CCCC(=O)OCC(COCCC(C(=O)O)[N+](C)(C)C)OC(=O)CC/C=C/C/C=C/CCCCCCCC. The van der Waals surface area contributed by atoms with Crippen molar-refractivity contribution < 1.29 is 38.2 Å². The molecule has 0 aromatic carbocycles. The van der Waals surface area contributed by atoms with Crippen molar-refractivity contribution in [2.24, 2.45) is 0 Å². The number of likely N-dealkylation sites (N-methyl/N-ethyl adjacent to an activating group) is 1. The Morgan fingerprint density at radius 3 is 1.52 bits per heavy atom. The molecule has 0 aliphatic heterocycles. The van der Waals surface area contributed by atoms with E-state index in [1.807, 2.05) is 27.2 Å². The number of quaternary nitrogens is 1. The number of nitrogens with zero attached hydrogens (tertiary/aromatic N) is 1. The number of carboxylic acid groups (broad SMARTS) is 1. The van der Waals surface area contributed by atoms with Crippen LogP contribution in [0.3, 0.4) is 0 Å². The predicted octanol–water partition coefficient (Wildman–Crippen LogP) is 11.4. The van der Waals surface area contributed by atoms with Gasteiger partial charge in [0.15, 0.2) is 12.1 Å². The van der Waals surface area contributed by atoms with E-state index >= 15 is 0 Å². The molecule has 2 atom stereocenters. The molecule has 0 saturated carbocycles. The molecule has 2 unspecified atom stereocenters. The van der Waals surface area contributed by atoms with Gasteiger partial charge in [-0.05, 0) is 64.2 Å². The summed E-state index contributed by atoms with van der Waals surface area (Å²) in [7, 11) is 5.48. The third-order valence-electron chi connectivity index (χ3n) is 9.15. The molecular weight excluding hydrogens is 679 g/mol. The van der Waals surface area contributed by atoms with Crippen LogP contribution in [-0.4, -0.2) is 80.6 Å². The minimum atomic E-state index is -0.891. The maximum Gasteiger partial charge on any atom is 0.362 e. The summed E-state index contributed by atoms with van der Waals surface area (Å²) in [4.78, 5) is 36.8. The predicted molar refractivity (Wildman–Crippen MR) is 224 cm³/mol. The quantitative estimate of drug-likeness (QED) is 0.0291. The van der Waals surface area contributed by atoms with Crippen LogP contribution in [0.5, 0.6) is 0 Å². The number of carbonyl (C=O) groups excluding carboxylic acids is 2. The maximum absolute atomic E-state index is 12.6. The first-order valence-corrected chi connectivity index (χ1v) is 21.3. The average molecular weight is 759 g/mol. The van der Waals surface area contributed by atoms with Crippen LogP contribution in [0.1, 0.15) is 162 Å². The molecule has 54 heavy (non-hydrogen) atoms. The molecule has 0 amide bonds. The number of carboxylic acids is 1. The van der Waals surface area contributed by atoms with Crippen molar-refractivity contribution in [3.63, 3.8) is 0 Å². The summed E-state index contributed by atoms with van der Waals surface area (Å²) in [6.45, 7) is 4.59. The van der Waals surface area contributed by atoms with Gasteiger partial charge >= 0.3 is 17.9 Å². The highest BCUT2D eigenvalue weighted by molar-refractivity contribution is 5.72. The number of hydrogen-bond acceptors (Lipinski definition) is 6. The Kier molecular flexibility index (Phi) is 34.9. The Hall–Kier alpha value is -2.97. The molecule has 310 valence electrons. The molecule has 0 aliphatic carbocycles. The molecule has 0 spiro atoms. The number of hydrogen-bond donors (Lipinski definition) is 1. The van der Waals surface area contributed by atoms with E-state index in [9.17, 15) is 19.5 Å². The van der Waals surface area contributed by atoms with Gasteiger partial charge in [-0.25, -0.2) is 4.79 Å². The fraction of sp³-hybridized carbons (Fsp3) is 0.717. The minimum Gasteiger partial charge on any atom is -0.477 e. The number of carbonyl (C=O) groups is 3. The van der Waals surface area contributed by atoms with Gasteiger partial charge in [-0.15, -0.1) is 0 Å². The average Bonchev–Trinajstić information content (AvgIpc) is 3.12. The summed E-state index contributed by atoms with van der Waals surface area (Å²) in [6.07, 6.45) is 44.3. The molecule has 8 nitrogen and oxygen atoms in total. The second-order valence-electron chi connectivity index (χ2n) is 15.2. The van der Waals surface area contributed by atoms with Crippen molar-refractivity contribution in [2.45, 2.75) is 174 Å². The lowest BCUT2D eigenvalue weighted by atomic mass is 10.1. The summed E-state index contributed by atoms with van der Waals surface area (Å²) in [6, 6.07) is -0.632. The molecule has 0 radical (unpaired) electrons. The molecular formula is C46H80NO7+. The van der Waals surface area contributed by atoms with Crippen molar-refractivity contribution >= 4 is 17.9 Å². The Morgan fingerprint density at radius 2 is 1.02 bits per heavy atom. The number of rotatable bonds is 37. The first-order valence-electron chi connectivity index (χ1n) is 21.3. The molecule has 0 aliphatic rings. The second-order valence-corrected chi connectivity index (χ2v) is 15.2. The molecule has 1 N–H and O–H groups in total. The van der Waals surface area contributed by atoms with Gasteiger partial charge in [-0.2, -0.15) is 0 Å². The van der Waals surface area contributed by atoms with Crippen LogP contribution in [-0.2, 0) is 28.6 Å². The van der Waals surface area contributed by atoms with E-state index in [0.29, 0.717) is 19.3 Å². The summed E-state index contributed by atoms with van der Waals surface area (Å²) in [5, 5.41) is 9.60. The minimum absolute atomic E-state index is 0.0207. The highest BCUT2D eigenvalue weighted by atomic mass is 16.6. The van der Waals surface area contributed by atoms with Crippen molar-refractivity contribution in [1.82, 2.24) is 0 Å². The van der Waals surface area contributed by atoms with E-state index in [4.69, 9.17) is 14.2 Å². The van der Waals surface area contributed by atoms with Gasteiger partial charge < -0.3 is 23.8 Å². The van der Waals surface area contributed by atoms with Crippen LogP contribution in [0.2, 0.25) is 0 Å². The summed E-state index contributed by atoms with van der Waals surface area (Å²) in [5.74, 6) is -1.63. The molecule has 0 heterocycles. The molecule has 0 aromatic heterocycles. The lowest BCUT2D eigenvalue weighted by Gasteiger charge is -2.31. The van der Waals surface area contributed by atoms with E-state index in [2.05, 4.69) is 68.5 Å². The zero-order valence-electron chi connectivity index (χ0n) is 35.2. The molecule has 8 heteroatoms. The zero-order chi connectivity index (χ0) is 40.0. The second kappa shape index (κ2) is 37.0. The number of aliphatic carboxylic acids is 1. The summed E-state index contributed by atoms with van der Waals surface area (Å²) in [5.41, 5.74) is 0. The smallest absolute Gasteiger partial charge is 0.362 e. The van der Waals surface area contributed by atoms with Crippen molar-refractivity contribution in [1.29, 1.82) is 0 Å². The normalized spacial score (nSPS) is 13.6. The Morgan fingerprint density at radius 1 is 0.556 bits per heavy atom. The monoisotopic (exact) mass is 759 g/mol. The molecule has 0 saturated heterocycles. The fourth-order valence-corrected chi connectivity index (χ4v) is 5.81. The molecule has 0 rings (SSSR count). The van der Waals surface area contributed by atoms with Crippen LogP contribution >= 0.6 is 0 Å². The number of ether oxygens (including phenoxy) is 3. The molecule has 0 bridgehead atoms. The standard InChI is InChI=1S/C46H79NO7/c1-6-8-10-12-14-16-18-20-21-22-23-25-26-28-30-32-34-36-44(48)53-41-42(40-52-39-38-43(46(50)51)47(3,4)5)54-45(49)37-35-33-31-29-27-24-19-17-15-13-11-9-7-2/h20-21,23-25,27-28,30-31,33,42-43H,6-19,22,26,29,32,34-41H2,1-5H3/p+1/b21-20+,25-23+,27-24+,30-28+,33-31+. The third kappa shape index (κ3) is 34.8. The van der Waals surface area contributed by atoms with E-state index in [1.54, 1.807) is 0 Å². The van der Waals surface area contributed by atoms with Crippen LogP contribution in [0.25, 0.3) is 0 Å². The van der Waals surface area contributed by atoms with E-state index in [-0.39, 0.29) is 49.1 Å². The van der Waals surface area contributed by atoms with E-state index in [1.165, 1.54) is 83.5 Å². The number of unbranched alkanes of at least 4 members (excludes halogenated alkanes) is 13. The number of allylic oxidation sites excluding steroid dienone is 10. The van der Waals surface area contributed by atoms with Crippen molar-refractivity contribution in [3.05, 3.63) is 60.8 Å². The van der Waals surface area contributed by atoms with Crippen molar-refractivity contribution in [3.8, 4) is 0 Å². The Balaban J connectivity index is 4.52. The van der Waals surface area contributed by atoms with Gasteiger partial charge in [0.05, 0.1) is 34.4 Å². The van der Waals surface area contributed by atoms with Gasteiger partial charge in [0, 0.05) is 19.3 Å². The topological polar surface area (TPSA) is 99.1 Å². The first kappa shape index (κ1) is 51.0. The van der Waals surface area contributed by atoms with Crippen LogP contribution < -0.4 is 0 Å². The van der Waals surface area contributed by atoms with Crippen LogP contribution in [0.4, 0.5) is 0 Å². The Bertz CT molecular complexity index is 1070. The zero-order valence-corrected chi connectivity index (χ0v) is 35.2. The van der Waals surface area contributed by atoms with Gasteiger partial charge in [-0.1, -0.05) is 139 Å².